The van der Waals surface area contributed by atoms with E-state index in [4.69, 9.17) is 9.47 Å². The van der Waals surface area contributed by atoms with Crippen LogP contribution < -0.4 is 4.74 Å². The van der Waals surface area contributed by atoms with Gasteiger partial charge in [-0.15, -0.1) is 0 Å². The minimum absolute atomic E-state index is 0.0696. The molecule has 1 aliphatic rings. The average Bonchev–Trinajstić information content (AvgIpc) is 3.01. The highest BCUT2D eigenvalue weighted by molar-refractivity contribution is 5.92. The summed E-state index contributed by atoms with van der Waals surface area (Å²) < 4.78 is 10.8. The Morgan fingerprint density at radius 3 is 1.93 bits per heavy atom. The summed E-state index contributed by atoms with van der Waals surface area (Å²) in [6, 6.07) is 27.9. The van der Waals surface area contributed by atoms with Crippen molar-refractivity contribution in [1.29, 1.82) is 0 Å². The first-order chi connectivity index (χ1) is 20.2. The predicted molar refractivity (Wildman–Crippen MR) is 164 cm³/mol. The molecule has 1 fully saturated rings. The number of rotatable bonds is 13. The molecule has 224 valence electrons. The summed E-state index contributed by atoms with van der Waals surface area (Å²) >= 11 is 0. The lowest BCUT2D eigenvalue weighted by Gasteiger charge is -2.41. The maximum Gasteiger partial charge on any atom is 0.302 e. The van der Waals surface area contributed by atoms with Crippen LogP contribution in [0.25, 0.3) is 0 Å². The van der Waals surface area contributed by atoms with Crippen LogP contribution in [0.1, 0.15) is 55.7 Å². The van der Waals surface area contributed by atoms with E-state index in [1.807, 2.05) is 74.8 Å². The molecule has 4 rings (SSSR count). The Morgan fingerprint density at radius 1 is 0.857 bits per heavy atom. The zero-order valence-corrected chi connectivity index (χ0v) is 25.1. The number of hydrogen-bond acceptors (Lipinski definition) is 6. The smallest absolute Gasteiger partial charge is 0.302 e. The molecule has 0 radical (unpaired) electrons. The minimum atomic E-state index is -0.894. The molecule has 3 aromatic rings. The summed E-state index contributed by atoms with van der Waals surface area (Å²) in [6.45, 7) is 4.59. The Bertz CT molecular complexity index is 1230. The summed E-state index contributed by atoms with van der Waals surface area (Å²) in [4.78, 5) is 28.8. The van der Waals surface area contributed by atoms with Gasteiger partial charge in [-0.05, 0) is 67.5 Å². The van der Waals surface area contributed by atoms with E-state index in [0.29, 0.717) is 32.5 Å². The summed E-state index contributed by atoms with van der Waals surface area (Å²) in [7, 11) is 3.65. The number of likely N-dealkylation sites (tertiary alicyclic amines) is 1. The largest absolute Gasteiger partial charge is 0.494 e. The second-order valence-electron chi connectivity index (χ2n) is 11.4. The first-order valence-corrected chi connectivity index (χ1v) is 14.9. The second kappa shape index (κ2) is 14.5. The van der Waals surface area contributed by atoms with Gasteiger partial charge in [0.2, 0.25) is 5.91 Å². The molecule has 1 saturated heterocycles. The van der Waals surface area contributed by atoms with E-state index >= 15 is 0 Å². The molecular weight excluding hydrogens is 528 g/mol. The lowest BCUT2D eigenvalue weighted by molar-refractivity contribution is -0.141. The van der Waals surface area contributed by atoms with Crippen molar-refractivity contribution >= 4 is 11.9 Å². The number of amides is 1. The maximum atomic E-state index is 13.9. The van der Waals surface area contributed by atoms with Gasteiger partial charge in [-0.1, -0.05) is 72.8 Å². The Hall–Kier alpha value is -3.68. The number of carbonyl (C=O) groups is 2. The fourth-order valence-corrected chi connectivity index (χ4v) is 5.87. The highest BCUT2D eigenvalue weighted by Gasteiger charge is 2.43. The molecule has 3 aromatic carbocycles. The Morgan fingerprint density at radius 2 is 1.40 bits per heavy atom. The Kier molecular flexibility index (Phi) is 10.8. The molecule has 7 nitrogen and oxygen atoms in total. The van der Waals surface area contributed by atoms with Gasteiger partial charge in [0.1, 0.15) is 11.2 Å². The minimum Gasteiger partial charge on any atom is -0.494 e. The van der Waals surface area contributed by atoms with Gasteiger partial charge in [0.25, 0.3) is 0 Å². The molecule has 0 saturated carbocycles. The monoisotopic (exact) mass is 572 g/mol. The van der Waals surface area contributed by atoms with Crippen molar-refractivity contribution in [2.24, 2.45) is 0 Å². The van der Waals surface area contributed by atoms with Crippen LogP contribution in [0, 0.1) is 0 Å². The predicted octanol–water partition coefficient (Wildman–Crippen LogP) is 5.16. The fourth-order valence-electron chi connectivity index (χ4n) is 5.87. The third kappa shape index (κ3) is 7.58. The number of ether oxygens (including phenoxy) is 2. The molecule has 7 heteroatoms. The van der Waals surface area contributed by atoms with E-state index in [-0.39, 0.29) is 11.9 Å². The van der Waals surface area contributed by atoms with Crippen LogP contribution in [0.3, 0.4) is 0 Å². The van der Waals surface area contributed by atoms with Gasteiger partial charge < -0.3 is 24.4 Å². The van der Waals surface area contributed by atoms with Crippen LogP contribution in [0.4, 0.5) is 0 Å². The molecule has 1 aliphatic heterocycles. The van der Waals surface area contributed by atoms with Gasteiger partial charge in [-0.3, -0.25) is 9.59 Å². The van der Waals surface area contributed by atoms with Crippen molar-refractivity contribution in [3.8, 4) is 5.75 Å². The normalized spacial score (nSPS) is 15.1. The third-order valence-corrected chi connectivity index (χ3v) is 8.30. The van der Waals surface area contributed by atoms with Crippen LogP contribution in [0.2, 0.25) is 0 Å². The van der Waals surface area contributed by atoms with E-state index in [1.54, 1.807) is 4.90 Å². The zero-order chi connectivity index (χ0) is 30.0. The summed E-state index contributed by atoms with van der Waals surface area (Å²) in [6.07, 6.45) is 3.44. The maximum absolute atomic E-state index is 13.9. The Balaban J connectivity index is 1.38. The van der Waals surface area contributed by atoms with Crippen LogP contribution in [0.5, 0.6) is 5.75 Å². The van der Waals surface area contributed by atoms with E-state index in [2.05, 4.69) is 29.2 Å². The van der Waals surface area contributed by atoms with E-state index in [1.165, 1.54) is 6.92 Å². The van der Waals surface area contributed by atoms with E-state index < -0.39 is 11.0 Å². The fraction of sp³-hybridized carbons (Fsp3) is 0.429. The number of carbonyl (C=O) groups excluding carboxylic acids is 2. The van der Waals surface area contributed by atoms with Crippen molar-refractivity contribution in [2.45, 2.75) is 50.0 Å². The molecular formula is C35H44N2O5. The number of aliphatic hydroxyl groups is 1. The SMILES string of the molecule is CC(=O)OCCCCOc1ccc(C2(O)CCN(CCC(C(=O)N(C)C)(c3ccccc3)c3ccccc3)CC2)cc1. The standard InChI is InChI=1S/C35H44N2O5/c1-28(38)41-26-10-11-27-42-32-18-16-29(17-19-32)34(40)20-23-37(24-21-34)25-22-35(33(39)36(2)3,30-12-6-4-7-13-30)31-14-8-5-9-15-31/h4-9,12-19,40H,10-11,20-27H2,1-3H3. The van der Waals surface area contributed by atoms with Gasteiger partial charge in [0, 0.05) is 34.1 Å². The highest BCUT2D eigenvalue weighted by Crippen LogP contribution is 2.39. The molecule has 0 bridgehead atoms. The molecule has 1 amide bonds. The molecule has 0 atom stereocenters. The van der Waals surface area contributed by atoms with E-state index in [0.717, 1.165) is 54.9 Å². The van der Waals surface area contributed by atoms with Gasteiger partial charge in [0.15, 0.2) is 0 Å². The number of likely N-dealkylation sites (N-methyl/N-ethyl adjacent to an activating group) is 1. The van der Waals surface area contributed by atoms with Crippen molar-refractivity contribution in [3.63, 3.8) is 0 Å². The van der Waals surface area contributed by atoms with Gasteiger partial charge in [-0.2, -0.15) is 0 Å². The quantitative estimate of drug-likeness (QED) is 0.225. The number of piperidine rings is 1. The van der Waals surface area contributed by atoms with Crippen LogP contribution in [-0.2, 0) is 25.3 Å². The average molecular weight is 573 g/mol. The Labute approximate surface area is 250 Å². The number of benzene rings is 3. The highest BCUT2D eigenvalue weighted by atomic mass is 16.5. The summed E-state index contributed by atoms with van der Waals surface area (Å²) in [5.74, 6) is 0.568. The number of nitrogens with zero attached hydrogens (tertiary/aromatic N) is 2. The third-order valence-electron chi connectivity index (χ3n) is 8.30. The molecule has 1 N–H and O–H groups in total. The van der Waals surface area contributed by atoms with Crippen molar-refractivity contribution in [1.82, 2.24) is 9.80 Å². The molecule has 0 unspecified atom stereocenters. The van der Waals surface area contributed by atoms with Gasteiger partial charge in [-0.25, -0.2) is 0 Å². The van der Waals surface area contributed by atoms with Crippen LogP contribution in [-0.4, -0.2) is 73.7 Å². The zero-order valence-electron chi connectivity index (χ0n) is 25.1. The summed E-state index contributed by atoms with van der Waals surface area (Å²) in [5.41, 5.74) is 1.20. The lowest BCUT2D eigenvalue weighted by atomic mass is 9.70. The van der Waals surface area contributed by atoms with E-state index in [9.17, 15) is 14.7 Å². The molecule has 42 heavy (non-hydrogen) atoms. The molecule has 0 aromatic heterocycles. The number of esters is 1. The molecule has 0 spiro atoms. The number of hydrogen-bond donors (Lipinski definition) is 1. The first kappa shape index (κ1) is 31.3. The van der Waals surface area contributed by atoms with Crippen molar-refractivity contribution < 1.29 is 24.2 Å². The lowest BCUT2D eigenvalue weighted by Crippen LogP contribution is -2.48. The summed E-state index contributed by atoms with van der Waals surface area (Å²) in [5, 5.41) is 11.5. The second-order valence-corrected chi connectivity index (χ2v) is 11.4. The van der Waals surface area contributed by atoms with Gasteiger partial charge in [0.05, 0.1) is 18.8 Å². The van der Waals surface area contributed by atoms with Crippen LogP contribution >= 0.6 is 0 Å². The first-order valence-electron chi connectivity index (χ1n) is 14.9. The van der Waals surface area contributed by atoms with Gasteiger partial charge >= 0.3 is 5.97 Å². The molecule has 1 heterocycles. The topological polar surface area (TPSA) is 79.3 Å². The molecule has 0 aliphatic carbocycles. The van der Waals surface area contributed by atoms with Crippen LogP contribution in [0.15, 0.2) is 84.9 Å². The number of unbranched alkanes of at least 4 members (excludes halogenated alkanes) is 1. The van der Waals surface area contributed by atoms with Crippen molar-refractivity contribution in [3.05, 3.63) is 102 Å². The van der Waals surface area contributed by atoms with Crippen molar-refractivity contribution in [2.75, 3.05) is 46.9 Å².